The summed E-state index contributed by atoms with van der Waals surface area (Å²) in [7, 11) is 1.55. The first-order valence-electron chi connectivity index (χ1n) is 6.82. The zero-order chi connectivity index (χ0) is 15.5. The van der Waals surface area contributed by atoms with Crippen molar-refractivity contribution in [3.05, 3.63) is 29.8 Å². The molecule has 1 aliphatic rings. The Labute approximate surface area is 128 Å². The molecule has 2 N–H and O–H groups in total. The molecular formula is C15H18ClNO4. The smallest absolute Gasteiger partial charge is 0.329 e. The second-order valence-electron chi connectivity index (χ2n) is 5.22. The Balaban J connectivity index is 2.09. The summed E-state index contributed by atoms with van der Waals surface area (Å²) < 4.78 is 5.04. The monoisotopic (exact) mass is 311 g/mol. The molecule has 0 bridgehead atoms. The predicted octanol–water partition coefficient (Wildman–Crippen LogP) is 2.49. The SMILES string of the molecule is COc1ccc(C(Cl)C(=O)NC2(C(=O)O)CCCC2)cc1. The molecule has 1 saturated carbocycles. The molecule has 1 aromatic carbocycles. The van der Waals surface area contributed by atoms with E-state index in [4.69, 9.17) is 16.3 Å². The van der Waals surface area contributed by atoms with Crippen LogP contribution in [0.25, 0.3) is 0 Å². The molecule has 6 heteroatoms. The van der Waals surface area contributed by atoms with Crippen LogP contribution in [0, 0.1) is 0 Å². The van der Waals surface area contributed by atoms with E-state index in [1.54, 1.807) is 31.4 Å². The maximum Gasteiger partial charge on any atom is 0.329 e. The largest absolute Gasteiger partial charge is 0.497 e. The number of aliphatic carboxylic acids is 1. The summed E-state index contributed by atoms with van der Waals surface area (Å²) in [5.74, 6) is -0.807. The second kappa shape index (κ2) is 6.35. The highest BCUT2D eigenvalue weighted by molar-refractivity contribution is 6.31. The average Bonchev–Trinajstić information content (AvgIpc) is 2.96. The van der Waals surface area contributed by atoms with Gasteiger partial charge in [0.15, 0.2) is 0 Å². The lowest BCUT2D eigenvalue weighted by Crippen LogP contribution is -2.53. The lowest BCUT2D eigenvalue weighted by Gasteiger charge is -2.26. The summed E-state index contributed by atoms with van der Waals surface area (Å²) >= 11 is 6.15. The molecule has 0 saturated heterocycles. The molecule has 0 spiro atoms. The highest BCUT2D eigenvalue weighted by atomic mass is 35.5. The molecule has 1 aromatic rings. The van der Waals surface area contributed by atoms with Gasteiger partial charge in [-0.15, -0.1) is 11.6 Å². The van der Waals surface area contributed by atoms with Crippen LogP contribution in [-0.2, 0) is 9.59 Å². The molecule has 0 radical (unpaired) electrons. The van der Waals surface area contributed by atoms with Crippen molar-refractivity contribution in [3.8, 4) is 5.75 Å². The van der Waals surface area contributed by atoms with Crippen molar-refractivity contribution in [1.29, 1.82) is 0 Å². The predicted molar refractivity (Wildman–Crippen MR) is 78.6 cm³/mol. The standard InChI is InChI=1S/C15H18ClNO4/c1-21-11-6-4-10(5-7-11)12(16)13(18)17-15(14(19)20)8-2-3-9-15/h4-7,12H,2-3,8-9H2,1H3,(H,17,18)(H,19,20). The van der Waals surface area contributed by atoms with Gasteiger partial charge in [0.05, 0.1) is 7.11 Å². The average molecular weight is 312 g/mol. The van der Waals surface area contributed by atoms with Crippen molar-refractivity contribution in [2.24, 2.45) is 0 Å². The van der Waals surface area contributed by atoms with Crippen LogP contribution in [0.1, 0.15) is 36.6 Å². The van der Waals surface area contributed by atoms with Crippen LogP contribution in [0.3, 0.4) is 0 Å². The van der Waals surface area contributed by atoms with Gasteiger partial charge >= 0.3 is 5.97 Å². The summed E-state index contributed by atoms with van der Waals surface area (Å²) in [5.41, 5.74) is -0.565. The first-order chi connectivity index (χ1) is 9.98. The van der Waals surface area contributed by atoms with Crippen LogP contribution in [0.2, 0.25) is 0 Å². The van der Waals surface area contributed by atoms with Crippen molar-refractivity contribution in [2.75, 3.05) is 7.11 Å². The van der Waals surface area contributed by atoms with Gasteiger partial charge in [-0.1, -0.05) is 25.0 Å². The van der Waals surface area contributed by atoms with Gasteiger partial charge in [0.25, 0.3) is 0 Å². The molecule has 114 valence electrons. The molecule has 2 rings (SSSR count). The minimum absolute atomic E-state index is 0.445. The number of rotatable bonds is 5. The number of benzene rings is 1. The third-order valence-corrected chi connectivity index (χ3v) is 4.32. The number of methoxy groups -OCH3 is 1. The fraction of sp³-hybridized carbons (Fsp3) is 0.467. The Hall–Kier alpha value is -1.75. The van der Waals surface area contributed by atoms with E-state index in [2.05, 4.69) is 5.32 Å². The molecular weight excluding hydrogens is 294 g/mol. The van der Waals surface area contributed by atoms with Gasteiger partial charge in [0.1, 0.15) is 16.7 Å². The van der Waals surface area contributed by atoms with Crippen LogP contribution >= 0.6 is 11.6 Å². The molecule has 5 nitrogen and oxygen atoms in total. The van der Waals surface area contributed by atoms with Crippen LogP contribution in [0.15, 0.2) is 24.3 Å². The van der Waals surface area contributed by atoms with Crippen molar-refractivity contribution >= 4 is 23.5 Å². The molecule has 0 aromatic heterocycles. The van der Waals surface area contributed by atoms with E-state index in [1.807, 2.05) is 0 Å². The van der Waals surface area contributed by atoms with Gasteiger partial charge in [-0.05, 0) is 30.5 Å². The Morgan fingerprint density at radius 3 is 2.33 bits per heavy atom. The van der Waals surface area contributed by atoms with Crippen LogP contribution in [0.4, 0.5) is 0 Å². The molecule has 0 aliphatic heterocycles. The minimum Gasteiger partial charge on any atom is -0.497 e. The van der Waals surface area contributed by atoms with Crippen molar-refractivity contribution < 1.29 is 19.4 Å². The molecule has 1 unspecified atom stereocenters. The van der Waals surface area contributed by atoms with Gasteiger partial charge in [-0.2, -0.15) is 0 Å². The number of carbonyl (C=O) groups excluding carboxylic acids is 1. The van der Waals surface area contributed by atoms with E-state index in [0.29, 0.717) is 24.2 Å². The summed E-state index contributed by atoms with van der Waals surface area (Å²) in [4.78, 5) is 23.7. The quantitative estimate of drug-likeness (QED) is 0.819. The number of carbonyl (C=O) groups is 2. The van der Waals surface area contributed by atoms with Gasteiger partial charge < -0.3 is 15.2 Å². The Morgan fingerprint density at radius 1 is 1.29 bits per heavy atom. The normalized spacial score (nSPS) is 18.0. The van der Waals surface area contributed by atoms with E-state index in [9.17, 15) is 14.7 Å². The van der Waals surface area contributed by atoms with E-state index >= 15 is 0 Å². The lowest BCUT2D eigenvalue weighted by atomic mass is 9.97. The van der Waals surface area contributed by atoms with Gasteiger partial charge in [-0.3, -0.25) is 4.79 Å². The minimum atomic E-state index is -1.17. The van der Waals surface area contributed by atoms with Gasteiger partial charge in [0, 0.05) is 0 Å². The van der Waals surface area contributed by atoms with Crippen LogP contribution in [-0.4, -0.2) is 29.6 Å². The van der Waals surface area contributed by atoms with Crippen LogP contribution < -0.4 is 10.1 Å². The second-order valence-corrected chi connectivity index (χ2v) is 5.66. The zero-order valence-electron chi connectivity index (χ0n) is 11.8. The zero-order valence-corrected chi connectivity index (χ0v) is 12.5. The summed E-state index contributed by atoms with van der Waals surface area (Å²) in [6.07, 6.45) is 2.48. The molecule has 1 fully saturated rings. The molecule has 21 heavy (non-hydrogen) atoms. The van der Waals surface area contributed by atoms with E-state index < -0.39 is 22.8 Å². The number of halogens is 1. The fourth-order valence-corrected chi connectivity index (χ4v) is 2.79. The number of amides is 1. The number of ether oxygens (including phenoxy) is 1. The lowest BCUT2D eigenvalue weighted by molar-refractivity contribution is -0.147. The van der Waals surface area contributed by atoms with Gasteiger partial charge in [-0.25, -0.2) is 4.79 Å². The first-order valence-corrected chi connectivity index (χ1v) is 7.25. The maximum absolute atomic E-state index is 12.2. The Kier molecular flexibility index (Phi) is 4.73. The summed E-state index contributed by atoms with van der Waals surface area (Å²) in [6.45, 7) is 0. The van der Waals surface area contributed by atoms with E-state index in [-0.39, 0.29) is 0 Å². The molecule has 1 atom stereocenters. The molecule has 1 amide bonds. The Bertz CT molecular complexity index is 523. The summed E-state index contributed by atoms with van der Waals surface area (Å²) in [6, 6.07) is 6.80. The van der Waals surface area contributed by atoms with Gasteiger partial charge in [0.2, 0.25) is 5.91 Å². The number of carboxylic acid groups (broad SMARTS) is 1. The number of carboxylic acids is 1. The maximum atomic E-state index is 12.2. The molecule has 1 aliphatic carbocycles. The number of alkyl halides is 1. The molecule has 0 heterocycles. The Morgan fingerprint density at radius 2 is 1.86 bits per heavy atom. The third kappa shape index (κ3) is 3.29. The fourth-order valence-electron chi connectivity index (χ4n) is 2.59. The highest BCUT2D eigenvalue weighted by Crippen LogP contribution is 2.32. The van der Waals surface area contributed by atoms with Crippen molar-refractivity contribution in [2.45, 2.75) is 36.6 Å². The number of hydrogen-bond donors (Lipinski definition) is 2. The van der Waals surface area contributed by atoms with Crippen molar-refractivity contribution in [1.82, 2.24) is 5.32 Å². The van der Waals surface area contributed by atoms with E-state index in [1.165, 1.54) is 0 Å². The summed E-state index contributed by atoms with van der Waals surface area (Å²) in [5, 5.41) is 11.1. The van der Waals surface area contributed by atoms with Crippen LogP contribution in [0.5, 0.6) is 5.75 Å². The topological polar surface area (TPSA) is 75.6 Å². The first kappa shape index (κ1) is 15.6. The number of nitrogens with one attached hydrogen (secondary N) is 1. The van der Waals surface area contributed by atoms with Crippen molar-refractivity contribution in [3.63, 3.8) is 0 Å². The van der Waals surface area contributed by atoms with E-state index in [0.717, 1.165) is 12.8 Å². The third-order valence-electron chi connectivity index (χ3n) is 3.87. The number of hydrogen-bond acceptors (Lipinski definition) is 3. The highest BCUT2D eigenvalue weighted by Gasteiger charge is 2.43.